The summed E-state index contributed by atoms with van der Waals surface area (Å²) in [5.74, 6) is -0.483. The van der Waals surface area contributed by atoms with Crippen molar-refractivity contribution in [2.75, 3.05) is 0 Å². The molecule has 0 saturated carbocycles. The van der Waals surface area contributed by atoms with Gasteiger partial charge >= 0.3 is 0 Å². The van der Waals surface area contributed by atoms with Crippen LogP contribution >= 0.6 is 15.9 Å². The van der Waals surface area contributed by atoms with Crippen molar-refractivity contribution in [2.45, 2.75) is 25.6 Å². The molecular formula is C11H14BrFO. The van der Waals surface area contributed by atoms with E-state index in [4.69, 9.17) is 0 Å². The van der Waals surface area contributed by atoms with Gasteiger partial charge in [-0.15, -0.1) is 0 Å². The monoisotopic (exact) mass is 260 g/mol. The fourth-order valence-corrected chi connectivity index (χ4v) is 1.14. The Morgan fingerprint density at radius 3 is 2.43 bits per heavy atom. The number of alkyl halides is 1. The lowest BCUT2D eigenvalue weighted by atomic mass is 10.1. The number of rotatable bonds is 2. The van der Waals surface area contributed by atoms with Crippen LogP contribution in [0.4, 0.5) is 4.39 Å². The molecule has 0 amide bonds. The minimum atomic E-state index is -0.381. The highest BCUT2D eigenvalue weighted by molar-refractivity contribution is 9.10. The smallest absolute Gasteiger partial charge is 0.176 e. The van der Waals surface area contributed by atoms with Crippen LogP contribution in [0.5, 0.6) is 0 Å². The van der Waals surface area contributed by atoms with Crippen molar-refractivity contribution in [2.24, 2.45) is 0 Å². The third kappa shape index (κ3) is 4.01. The molecule has 0 aromatic heterocycles. The van der Waals surface area contributed by atoms with Crippen molar-refractivity contribution >= 4 is 21.7 Å². The van der Waals surface area contributed by atoms with Crippen LogP contribution in [0.15, 0.2) is 24.3 Å². The maximum atomic E-state index is 12.6. The first kappa shape index (κ1) is 13.3. The lowest BCUT2D eigenvalue weighted by molar-refractivity contribution is 0.0995. The zero-order valence-electron chi connectivity index (χ0n) is 8.55. The van der Waals surface area contributed by atoms with E-state index >= 15 is 0 Å². The van der Waals surface area contributed by atoms with E-state index in [1.54, 1.807) is 13.0 Å². The van der Waals surface area contributed by atoms with Gasteiger partial charge < -0.3 is 0 Å². The van der Waals surface area contributed by atoms with Crippen LogP contribution in [0, 0.1) is 5.82 Å². The van der Waals surface area contributed by atoms with E-state index < -0.39 is 0 Å². The summed E-state index contributed by atoms with van der Waals surface area (Å²) in [6.07, 6.45) is 0. The first-order valence-electron chi connectivity index (χ1n) is 4.55. The molecule has 0 aliphatic heterocycles. The maximum absolute atomic E-state index is 12.6. The fourth-order valence-electron chi connectivity index (χ4n) is 0.871. The Balaban J connectivity index is 0.000000791. The van der Waals surface area contributed by atoms with E-state index in [0.717, 1.165) is 0 Å². The summed E-state index contributed by atoms with van der Waals surface area (Å²) in [6, 6.07) is 5.68. The van der Waals surface area contributed by atoms with E-state index in [1.807, 2.05) is 13.8 Å². The van der Waals surface area contributed by atoms with Crippen LogP contribution in [0.2, 0.25) is 0 Å². The van der Waals surface area contributed by atoms with Gasteiger partial charge in [0.05, 0.1) is 4.83 Å². The predicted molar refractivity (Wildman–Crippen MR) is 60.5 cm³/mol. The molecular weight excluding hydrogens is 247 g/mol. The minimum Gasteiger partial charge on any atom is -0.293 e. The SMILES string of the molecule is CC.CC(Br)C(=O)c1cccc(F)c1. The van der Waals surface area contributed by atoms with Crippen molar-refractivity contribution < 1.29 is 9.18 Å². The molecule has 0 aliphatic carbocycles. The van der Waals surface area contributed by atoms with Crippen molar-refractivity contribution in [3.05, 3.63) is 35.6 Å². The number of carbonyl (C=O) groups excluding carboxylic acids is 1. The molecule has 0 saturated heterocycles. The molecule has 0 fully saturated rings. The standard InChI is InChI=1S/C9H8BrFO.C2H6/c1-6(10)9(12)7-3-2-4-8(11)5-7;1-2/h2-6H,1H3;1-2H3. The van der Waals surface area contributed by atoms with Gasteiger partial charge in [0.2, 0.25) is 0 Å². The topological polar surface area (TPSA) is 17.1 Å². The number of hydrogen-bond donors (Lipinski definition) is 0. The maximum Gasteiger partial charge on any atom is 0.176 e. The third-order valence-electron chi connectivity index (χ3n) is 1.47. The predicted octanol–water partition coefficient (Wildman–Crippen LogP) is 3.82. The Labute approximate surface area is 92.5 Å². The third-order valence-corrected chi connectivity index (χ3v) is 1.89. The fraction of sp³-hybridized carbons (Fsp3) is 0.364. The second-order valence-corrected chi connectivity index (χ2v) is 3.86. The van der Waals surface area contributed by atoms with Gasteiger partial charge in [-0.1, -0.05) is 41.9 Å². The zero-order valence-corrected chi connectivity index (χ0v) is 10.1. The van der Waals surface area contributed by atoms with Crippen LogP contribution in [-0.2, 0) is 0 Å². The van der Waals surface area contributed by atoms with E-state index in [0.29, 0.717) is 5.56 Å². The molecule has 78 valence electrons. The highest BCUT2D eigenvalue weighted by Crippen LogP contribution is 2.10. The van der Waals surface area contributed by atoms with Crippen LogP contribution in [-0.4, -0.2) is 10.6 Å². The van der Waals surface area contributed by atoms with E-state index in [1.165, 1.54) is 18.2 Å². The van der Waals surface area contributed by atoms with Crippen molar-refractivity contribution in [3.63, 3.8) is 0 Å². The summed E-state index contributed by atoms with van der Waals surface area (Å²) in [6.45, 7) is 5.72. The second-order valence-electron chi connectivity index (χ2n) is 2.49. The molecule has 0 N–H and O–H groups in total. The van der Waals surface area contributed by atoms with E-state index in [-0.39, 0.29) is 16.4 Å². The van der Waals surface area contributed by atoms with Gasteiger partial charge in [0, 0.05) is 5.56 Å². The number of Topliss-reactive ketones (excluding diaryl/α,β-unsaturated/α-hetero) is 1. The molecule has 0 aliphatic rings. The van der Waals surface area contributed by atoms with Gasteiger partial charge in [-0.3, -0.25) is 4.79 Å². The average Bonchev–Trinajstić information content (AvgIpc) is 2.19. The Hall–Kier alpha value is -0.700. The lowest BCUT2D eigenvalue weighted by Gasteiger charge is -2.01. The highest BCUT2D eigenvalue weighted by Gasteiger charge is 2.11. The summed E-state index contributed by atoms with van der Waals surface area (Å²) < 4.78 is 12.6. The molecule has 1 aromatic rings. The van der Waals surface area contributed by atoms with Crippen LogP contribution < -0.4 is 0 Å². The summed E-state index contributed by atoms with van der Waals surface area (Å²) >= 11 is 3.13. The van der Waals surface area contributed by atoms with E-state index in [9.17, 15) is 9.18 Å². The molecule has 1 atom stereocenters. The van der Waals surface area contributed by atoms with Gasteiger partial charge in [0.1, 0.15) is 5.82 Å². The Bertz CT molecular complexity index is 297. The largest absolute Gasteiger partial charge is 0.293 e. The Kier molecular flexibility index (Phi) is 6.37. The van der Waals surface area contributed by atoms with E-state index in [2.05, 4.69) is 15.9 Å². The number of hydrogen-bond acceptors (Lipinski definition) is 1. The number of benzene rings is 1. The van der Waals surface area contributed by atoms with Crippen molar-refractivity contribution in [1.82, 2.24) is 0 Å². The molecule has 3 heteroatoms. The number of ketones is 1. The number of carbonyl (C=O) groups is 1. The van der Waals surface area contributed by atoms with Crippen LogP contribution in [0.3, 0.4) is 0 Å². The molecule has 0 heterocycles. The molecule has 1 nitrogen and oxygen atoms in total. The Morgan fingerprint density at radius 2 is 2.00 bits per heavy atom. The van der Waals surface area contributed by atoms with Crippen LogP contribution in [0.1, 0.15) is 31.1 Å². The lowest BCUT2D eigenvalue weighted by Crippen LogP contribution is -2.09. The molecule has 0 spiro atoms. The van der Waals surface area contributed by atoms with Gasteiger partial charge in [-0.2, -0.15) is 0 Å². The molecule has 0 radical (unpaired) electrons. The number of halogens is 2. The minimum absolute atomic E-state index is 0.102. The molecule has 1 aromatic carbocycles. The first-order chi connectivity index (χ1) is 6.61. The summed E-state index contributed by atoms with van der Waals surface area (Å²) in [5, 5.41) is 0. The van der Waals surface area contributed by atoms with Gasteiger partial charge in [0.15, 0.2) is 5.78 Å². The zero-order chi connectivity index (χ0) is 11.1. The van der Waals surface area contributed by atoms with Gasteiger partial charge in [-0.25, -0.2) is 4.39 Å². The second kappa shape index (κ2) is 6.71. The average molecular weight is 261 g/mol. The molecule has 0 bridgehead atoms. The molecule has 1 rings (SSSR count). The van der Waals surface area contributed by atoms with Gasteiger partial charge in [0.25, 0.3) is 0 Å². The normalized spacial score (nSPS) is 11.2. The summed E-state index contributed by atoms with van der Waals surface area (Å²) in [5.41, 5.74) is 0.402. The molecule has 14 heavy (non-hydrogen) atoms. The van der Waals surface area contributed by atoms with Crippen LogP contribution in [0.25, 0.3) is 0 Å². The highest BCUT2D eigenvalue weighted by atomic mass is 79.9. The van der Waals surface area contributed by atoms with Crippen molar-refractivity contribution in [3.8, 4) is 0 Å². The Morgan fingerprint density at radius 1 is 1.43 bits per heavy atom. The quantitative estimate of drug-likeness (QED) is 0.584. The first-order valence-corrected chi connectivity index (χ1v) is 5.46. The summed E-state index contributed by atoms with van der Waals surface area (Å²) in [4.78, 5) is 11.0. The van der Waals surface area contributed by atoms with Gasteiger partial charge in [-0.05, 0) is 19.1 Å². The summed E-state index contributed by atoms with van der Waals surface area (Å²) in [7, 11) is 0. The molecule has 1 unspecified atom stereocenters. The van der Waals surface area contributed by atoms with Crippen molar-refractivity contribution in [1.29, 1.82) is 0 Å².